The summed E-state index contributed by atoms with van der Waals surface area (Å²) in [6.45, 7) is 10.5. The van der Waals surface area contributed by atoms with E-state index in [9.17, 15) is 0 Å². The van der Waals surface area contributed by atoms with Crippen molar-refractivity contribution in [1.29, 1.82) is 0 Å². The normalized spacial score (nSPS) is 12.1. The molecule has 0 fully saturated rings. The van der Waals surface area contributed by atoms with Gasteiger partial charge in [-0.25, -0.2) is 15.8 Å². The Balaban J connectivity index is 2.87. The molecular weight excluding hydrogens is 252 g/mol. The summed E-state index contributed by atoms with van der Waals surface area (Å²) in [5.41, 5.74) is 3.82. The second-order valence-corrected chi connectivity index (χ2v) is 6.54. The predicted octanol–water partition coefficient (Wildman–Crippen LogP) is 1.89. The quantitative estimate of drug-likeness (QED) is 0.523. The van der Waals surface area contributed by atoms with Crippen molar-refractivity contribution in [3.8, 4) is 0 Å². The monoisotopic (exact) mass is 280 g/mol. The lowest BCUT2D eigenvalue weighted by Gasteiger charge is -2.29. The van der Waals surface area contributed by atoms with Crippen LogP contribution in [0.25, 0.3) is 0 Å². The first-order valence-corrected chi connectivity index (χ1v) is 6.97. The van der Waals surface area contributed by atoms with Crippen molar-refractivity contribution < 1.29 is 0 Å². The molecule has 0 radical (unpaired) electrons. The maximum Gasteiger partial charge on any atom is 0.148 e. The van der Waals surface area contributed by atoms with Crippen LogP contribution in [-0.4, -0.2) is 42.1 Å². The third kappa shape index (κ3) is 4.61. The number of hydrazine groups is 1. The standard InChI is InChI=1S/C14H28N6/c1-10(2)11-12(17-9-18-13(11)19-15)16-7-14(3,4)8-20(5)6/h9-10H,7-8,15H2,1-6H3,(H2,16,17,18,19). The number of aromatic nitrogens is 2. The van der Waals surface area contributed by atoms with Gasteiger partial charge in [-0.05, 0) is 25.4 Å². The van der Waals surface area contributed by atoms with Crippen LogP contribution in [-0.2, 0) is 0 Å². The second kappa shape index (κ2) is 6.85. The van der Waals surface area contributed by atoms with E-state index in [0.29, 0.717) is 11.7 Å². The molecule has 4 N–H and O–H groups in total. The molecule has 0 bridgehead atoms. The molecule has 0 spiro atoms. The molecule has 1 rings (SSSR count). The molecule has 1 aromatic rings. The van der Waals surface area contributed by atoms with Crippen molar-refractivity contribution in [1.82, 2.24) is 14.9 Å². The number of nitrogens with two attached hydrogens (primary N) is 1. The molecule has 0 aliphatic heterocycles. The summed E-state index contributed by atoms with van der Waals surface area (Å²) in [5, 5.41) is 3.44. The Kier molecular flexibility index (Phi) is 5.71. The first kappa shape index (κ1) is 16.7. The van der Waals surface area contributed by atoms with Gasteiger partial charge in [0.25, 0.3) is 0 Å². The molecular formula is C14H28N6. The molecule has 0 saturated carbocycles. The van der Waals surface area contributed by atoms with Crippen molar-refractivity contribution in [3.63, 3.8) is 0 Å². The van der Waals surface area contributed by atoms with E-state index in [0.717, 1.165) is 24.5 Å². The maximum atomic E-state index is 5.53. The first-order chi connectivity index (χ1) is 9.26. The molecule has 114 valence electrons. The van der Waals surface area contributed by atoms with Crippen LogP contribution in [0.4, 0.5) is 11.6 Å². The Morgan fingerprint density at radius 2 is 1.85 bits per heavy atom. The Morgan fingerprint density at radius 3 is 2.35 bits per heavy atom. The average Bonchev–Trinajstić information content (AvgIpc) is 2.34. The summed E-state index contributed by atoms with van der Waals surface area (Å²) >= 11 is 0. The van der Waals surface area contributed by atoms with E-state index in [1.54, 1.807) is 0 Å². The third-order valence-corrected chi connectivity index (χ3v) is 3.08. The van der Waals surface area contributed by atoms with Crippen LogP contribution in [0, 0.1) is 5.41 Å². The van der Waals surface area contributed by atoms with Gasteiger partial charge in [0.05, 0.1) is 0 Å². The van der Waals surface area contributed by atoms with Crippen molar-refractivity contribution >= 4 is 11.6 Å². The minimum Gasteiger partial charge on any atom is -0.369 e. The number of hydrogen-bond donors (Lipinski definition) is 3. The summed E-state index contributed by atoms with van der Waals surface area (Å²) in [7, 11) is 4.17. The fourth-order valence-corrected chi connectivity index (χ4v) is 2.43. The molecule has 6 nitrogen and oxygen atoms in total. The highest BCUT2D eigenvalue weighted by Crippen LogP contribution is 2.28. The van der Waals surface area contributed by atoms with Crippen LogP contribution in [0.2, 0.25) is 0 Å². The summed E-state index contributed by atoms with van der Waals surface area (Å²) in [6, 6.07) is 0. The van der Waals surface area contributed by atoms with Gasteiger partial charge in [0.2, 0.25) is 0 Å². The number of nitrogens with one attached hydrogen (secondary N) is 2. The van der Waals surface area contributed by atoms with Crippen LogP contribution in [0.1, 0.15) is 39.2 Å². The highest BCUT2D eigenvalue weighted by molar-refractivity contribution is 5.58. The van der Waals surface area contributed by atoms with E-state index in [4.69, 9.17) is 5.84 Å². The lowest BCUT2D eigenvalue weighted by atomic mass is 9.92. The number of hydrogen-bond acceptors (Lipinski definition) is 6. The fourth-order valence-electron chi connectivity index (χ4n) is 2.43. The highest BCUT2D eigenvalue weighted by atomic mass is 15.3. The van der Waals surface area contributed by atoms with Gasteiger partial charge in [-0.3, -0.25) is 0 Å². The second-order valence-electron chi connectivity index (χ2n) is 6.54. The van der Waals surface area contributed by atoms with Crippen LogP contribution in [0.15, 0.2) is 6.33 Å². The summed E-state index contributed by atoms with van der Waals surface area (Å²) in [5.74, 6) is 7.36. The van der Waals surface area contributed by atoms with E-state index >= 15 is 0 Å². The van der Waals surface area contributed by atoms with Gasteiger partial charge >= 0.3 is 0 Å². The van der Waals surface area contributed by atoms with Gasteiger partial charge in [-0.15, -0.1) is 0 Å². The zero-order chi connectivity index (χ0) is 15.3. The molecule has 0 aromatic carbocycles. The molecule has 6 heteroatoms. The minimum atomic E-state index is 0.152. The predicted molar refractivity (Wildman–Crippen MR) is 84.8 cm³/mol. The topological polar surface area (TPSA) is 79.1 Å². The lowest BCUT2D eigenvalue weighted by molar-refractivity contribution is 0.254. The van der Waals surface area contributed by atoms with E-state index in [-0.39, 0.29) is 5.41 Å². The molecule has 0 aliphatic carbocycles. The Morgan fingerprint density at radius 1 is 1.25 bits per heavy atom. The zero-order valence-corrected chi connectivity index (χ0v) is 13.5. The number of rotatable bonds is 7. The van der Waals surface area contributed by atoms with Crippen molar-refractivity contribution in [2.24, 2.45) is 11.3 Å². The van der Waals surface area contributed by atoms with Gasteiger partial charge in [-0.2, -0.15) is 0 Å². The summed E-state index contributed by atoms with van der Waals surface area (Å²) in [4.78, 5) is 10.7. The zero-order valence-electron chi connectivity index (χ0n) is 13.5. The van der Waals surface area contributed by atoms with Gasteiger partial charge in [0, 0.05) is 18.7 Å². The van der Waals surface area contributed by atoms with Crippen LogP contribution in [0.3, 0.4) is 0 Å². The largest absolute Gasteiger partial charge is 0.369 e. The SMILES string of the molecule is CC(C)c1c(NN)ncnc1NCC(C)(C)CN(C)C. The maximum absolute atomic E-state index is 5.53. The van der Waals surface area contributed by atoms with Gasteiger partial charge < -0.3 is 15.6 Å². The average molecular weight is 280 g/mol. The Labute approximate surface area is 122 Å². The molecule has 0 atom stereocenters. The van der Waals surface area contributed by atoms with E-state index in [1.165, 1.54) is 6.33 Å². The first-order valence-electron chi connectivity index (χ1n) is 6.97. The molecule has 0 saturated heterocycles. The Hall–Kier alpha value is -1.40. The van der Waals surface area contributed by atoms with Crippen molar-refractivity contribution in [2.45, 2.75) is 33.6 Å². The van der Waals surface area contributed by atoms with Crippen LogP contribution in [0.5, 0.6) is 0 Å². The Bertz CT molecular complexity index is 428. The fraction of sp³-hybridized carbons (Fsp3) is 0.714. The molecule has 0 amide bonds. The number of nitrogen functional groups attached to an aromatic ring is 1. The smallest absolute Gasteiger partial charge is 0.148 e. The van der Waals surface area contributed by atoms with Crippen LogP contribution < -0.4 is 16.6 Å². The minimum absolute atomic E-state index is 0.152. The highest BCUT2D eigenvalue weighted by Gasteiger charge is 2.21. The van der Waals surface area contributed by atoms with E-state index < -0.39 is 0 Å². The third-order valence-electron chi connectivity index (χ3n) is 3.08. The van der Waals surface area contributed by atoms with Gasteiger partial charge in [-0.1, -0.05) is 27.7 Å². The van der Waals surface area contributed by atoms with Crippen molar-refractivity contribution in [3.05, 3.63) is 11.9 Å². The van der Waals surface area contributed by atoms with Gasteiger partial charge in [0.1, 0.15) is 18.0 Å². The van der Waals surface area contributed by atoms with Crippen molar-refractivity contribution in [2.75, 3.05) is 37.9 Å². The van der Waals surface area contributed by atoms with E-state index in [1.807, 2.05) is 0 Å². The molecule has 0 unspecified atom stereocenters. The molecule has 20 heavy (non-hydrogen) atoms. The van der Waals surface area contributed by atoms with Crippen LogP contribution >= 0.6 is 0 Å². The summed E-state index contributed by atoms with van der Waals surface area (Å²) in [6.07, 6.45) is 1.53. The number of anilines is 2. The number of nitrogens with zero attached hydrogens (tertiary/aromatic N) is 3. The lowest BCUT2D eigenvalue weighted by Crippen LogP contribution is -2.34. The molecule has 1 aromatic heterocycles. The molecule has 1 heterocycles. The summed E-state index contributed by atoms with van der Waals surface area (Å²) < 4.78 is 0. The van der Waals surface area contributed by atoms with Gasteiger partial charge in [0.15, 0.2) is 0 Å². The molecule has 0 aliphatic rings. The van der Waals surface area contributed by atoms with E-state index in [2.05, 4.69) is 67.4 Å².